The first-order valence-corrected chi connectivity index (χ1v) is 17.0. The van der Waals surface area contributed by atoms with Crippen LogP contribution < -0.4 is 0 Å². The molecule has 0 amide bonds. The van der Waals surface area contributed by atoms with E-state index in [9.17, 15) is 0 Å². The van der Waals surface area contributed by atoms with Crippen LogP contribution in [-0.4, -0.2) is 5.43 Å². The smallest absolute Gasteiger partial charge is 0.109 e. The van der Waals surface area contributed by atoms with Crippen LogP contribution in [0, 0.1) is 12.1 Å². The van der Waals surface area contributed by atoms with Gasteiger partial charge in [-0.15, -0.1) is 12.0 Å². The summed E-state index contributed by atoms with van der Waals surface area (Å²) >= 11 is 1.74. The molecule has 0 N–H and O–H groups in total. The van der Waals surface area contributed by atoms with Crippen LogP contribution in [0.15, 0.2) is 48.6 Å². The van der Waals surface area contributed by atoms with Gasteiger partial charge < -0.3 is 0 Å². The predicted molar refractivity (Wildman–Crippen MR) is 130 cm³/mol. The van der Waals surface area contributed by atoms with Crippen LogP contribution >= 0.6 is 0 Å². The second-order valence-corrected chi connectivity index (χ2v) is 19.7. The Balaban J connectivity index is 0.000000297. The second-order valence-electron chi connectivity index (χ2n) is 10.3. The van der Waals surface area contributed by atoms with E-state index in [1.54, 1.807) is 23.3 Å². The van der Waals surface area contributed by atoms with Crippen molar-refractivity contribution >= 4 is 5.43 Å². The zero-order chi connectivity index (χ0) is 22.5. The van der Waals surface area contributed by atoms with Crippen LogP contribution in [-0.2, 0) is 40.6 Å². The molecule has 0 aromatic heterocycles. The standard InChI is InChI=1S/C21H25.C5H5.C2H6Si.Zr/c1-20(2,3)16-9-7-14-11-15-8-10-17(21(4,5)6)13-19(15)18(14)12-16;1-2-4-5-3-1;1-3-2;/h7,9-10,12-13H,11H2,1-6H3;1-3H,4H2;1-2H3;/q2*-1;;+2. The molecule has 156 valence electrons. The van der Waals surface area contributed by atoms with Gasteiger partial charge in [0.1, 0.15) is 0 Å². The summed E-state index contributed by atoms with van der Waals surface area (Å²) in [6.07, 6.45) is 11.0. The molecule has 0 bridgehead atoms. The summed E-state index contributed by atoms with van der Waals surface area (Å²) in [5, 5.41) is 0. The van der Waals surface area contributed by atoms with E-state index in [0.717, 1.165) is 12.8 Å². The number of fused-ring (bicyclic) bond motifs is 3. The van der Waals surface area contributed by atoms with E-state index >= 15 is 0 Å². The Hall–Kier alpha value is -0.980. The number of hydrogen-bond acceptors (Lipinski definition) is 0. The molecule has 0 aliphatic heterocycles. The normalized spacial score (nSPS) is 13.7. The van der Waals surface area contributed by atoms with E-state index in [1.807, 2.05) is 12.2 Å². The Bertz CT molecular complexity index is 874. The van der Waals surface area contributed by atoms with Gasteiger partial charge in [-0.25, -0.2) is 12.2 Å². The number of hydrogen-bond donors (Lipinski definition) is 0. The monoisotopic (exact) mass is 490 g/mol. The van der Waals surface area contributed by atoms with Crippen molar-refractivity contribution in [1.82, 2.24) is 0 Å². The van der Waals surface area contributed by atoms with Gasteiger partial charge in [0.05, 0.1) is 0 Å². The molecule has 0 nitrogen and oxygen atoms in total. The minimum Gasteiger partial charge on any atom is -0.273 e. The summed E-state index contributed by atoms with van der Waals surface area (Å²) in [4.78, 5) is 0. The minimum absolute atomic E-state index is 0.177. The van der Waals surface area contributed by atoms with Crippen molar-refractivity contribution in [3.63, 3.8) is 0 Å². The summed E-state index contributed by atoms with van der Waals surface area (Å²) in [7, 11) is 0. The molecule has 2 aliphatic rings. The summed E-state index contributed by atoms with van der Waals surface area (Å²) < 4.78 is 0. The quantitative estimate of drug-likeness (QED) is 0.223. The van der Waals surface area contributed by atoms with E-state index in [0.29, 0.717) is 0 Å². The van der Waals surface area contributed by atoms with Crippen LogP contribution in [0.25, 0.3) is 11.1 Å². The SMILES string of the molecule is CC(C)(C)c1c[c-]c2c(c1)-c1cc(C(C)(C)C)ccc1C2.C[Si](C)=[Zr+2].[C-]1=CC=CC1. The zero-order valence-electron chi connectivity index (χ0n) is 20.0. The van der Waals surface area contributed by atoms with Gasteiger partial charge in [0.15, 0.2) is 0 Å². The summed E-state index contributed by atoms with van der Waals surface area (Å²) in [5.74, 6) is 0. The van der Waals surface area contributed by atoms with Gasteiger partial charge in [0.25, 0.3) is 0 Å². The molecule has 2 heteroatoms. The van der Waals surface area contributed by atoms with Crippen molar-refractivity contribution in [2.24, 2.45) is 0 Å². The van der Waals surface area contributed by atoms with E-state index in [4.69, 9.17) is 0 Å². The number of benzene rings is 2. The molecule has 0 saturated carbocycles. The van der Waals surface area contributed by atoms with E-state index in [2.05, 4.69) is 103 Å². The molecule has 4 rings (SSSR count). The molecule has 0 saturated heterocycles. The molecular formula is C28H36SiZr. The average Bonchev–Trinajstić information content (AvgIpc) is 3.30. The van der Waals surface area contributed by atoms with E-state index < -0.39 is 0 Å². The van der Waals surface area contributed by atoms with Crippen molar-refractivity contribution in [1.29, 1.82) is 0 Å². The maximum absolute atomic E-state index is 3.53. The minimum atomic E-state index is 0.177. The van der Waals surface area contributed by atoms with Crippen LogP contribution in [0.4, 0.5) is 0 Å². The summed E-state index contributed by atoms with van der Waals surface area (Å²) in [6, 6.07) is 15.1. The molecule has 0 spiro atoms. The Kier molecular flexibility index (Phi) is 8.90. The summed E-state index contributed by atoms with van der Waals surface area (Å²) in [6.45, 7) is 18.3. The maximum Gasteiger partial charge on any atom is -0.109 e. The summed E-state index contributed by atoms with van der Waals surface area (Å²) in [5.41, 5.74) is 8.97. The molecule has 30 heavy (non-hydrogen) atoms. The van der Waals surface area contributed by atoms with Crippen molar-refractivity contribution in [3.8, 4) is 11.1 Å². The molecule has 0 fully saturated rings. The third kappa shape index (κ3) is 7.31. The second kappa shape index (κ2) is 10.6. The molecule has 0 atom stereocenters. The van der Waals surface area contributed by atoms with Gasteiger partial charge in [-0.3, -0.25) is 6.08 Å². The first kappa shape index (κ1) is 25.3. The largest absolute Gasteiger partial charge is 0.273 e. The number of allylic oxidation sites excluding steroid dienone is 4. The van der Waals surface area contributed by atoms with Crippen LogP contribution in [0.1, 0.15) is 70.2 Å². The first-order valence-electron chi connectivity index (χ1n) is 10.8. The maximum atomic E-state index is 3.53. The third-order valence-corrected chi connectivity index (χ3v) is 5.11. The molecule has 2 aromatic carbocycles. The van der Waals surface area contributed by atoms with Gasteiger partial charge in [0, 0.05) is 0 Å². The van der Waals surface area contributed by atoms with Gasteiger partial charge in [-0.1, -0.05) is 76.3 Å². The van der Waals surface area contributed by atoms with Gasteiger partial charge >= 0.3 is 41.9 Å². The van der Waals surface area contributed by atoms with Crippen molar-refractivity contribution < 1.29 is 23.3 Å². The molecular weight excluding hydrogens is 456 g/mol. The van der Waals surface area contributed by atoms with E-state index in [1.165, 1.54) is 33.4 Å². The van der Waals surface area contributed by atoms with Crippen molar-refractivity contribution in [2.45, 2.75) is 78.3 Å². The van der Waals surface area contributed by atoms with Crippen LogP contribution in [0.3, 0.4) is 0 Å². The zero-order valence-corrected chi connectivity index (χ0v) is 23.5. The average molecular weight is 492 g/mol. The number of rotatable bonds is 0. The van der Waals surface area contributed by atoms with Crippen molar-refractivity contribution in [3.05, 3.63) is 83.0 Å². The fourth-order valence-corrected chi connectivity index (χ4v) is 3.32. The Morgan fingerprint density at radius 3 is 1.97 bits per heavy atom. The third-order valence-electron chi connectivity index (χ3n) is 5.11. The molecule has 2 aromatic rings. The van der Waals surface area contributed by atoms with Gasteiger partial charge in [-0.05, 0) is 17.4 Å². The molecule has 0 unspecified atom stereocenters. The van der Waals surface area contributed by atoms with Crippen LogP contribution in [0.5, 0.6) is 0 Å². The van der Waals surface area contributed by atoms with Crippen LogP contribution in [0.2, 0.25) is 13.1 Å². The van der Waals surface area contributed by atoms with E-state index in [-0.39, 0.29) is 16.3 Å². The van der Waals surface area contributed by atoms with Gasteiger partial charge in [-0.2, -0.15) is 35.4 Å². The Labute approximate surface area is 200 Å². The molecule has 0 radical (unpaired) electrons. The molecule has 2 aliphatic carbocycles. The topological polar surface area (TPSA) is 0 Å². The van der Waals surface area contributed by atoms with Gasteiger partial charge in [0.2, 0.25) is 0 Å². The first-order chi connectivity index (χ1) is 13.9. The molecule has 0 heterocycles. The fourth-order valence-electron chi connectivity index (χ4n) is 3.32. The van der Waals surface area contributed by atoms with Crippen molar-refractivity contribution in [2.75, 3.05) is 0 Å². The fraction of sp³-hybridized carbons (Fsp3) is 0.429. The predicted octanol–water partition coefficient (Wildman–Crippen LogP) is 7.74. The Morgan fingerprint density at radius 2 is 1.50 bits per heavy atom. The Morgan fingerprint density at radius 1 is 0.900 bits per heavy atom.